The number of hydrogen-bond donors (Lipinski definition) is 2. The summed E-state index contributed by atoms with van der Waals surface area (Å²) in [6.07, 6.45) is 0. The second-order valence-electron chi connectivity index (χ2n) is 5.43. The Morgan fingerprint density at radius 2 is 1.79 bits per heavy atom. The van der Waals surface area contributed by atoms with Crippen LogP contribution < -0.4 is 5.48 Å². The normalized spacial score (nSPS) is 11.8. The van der Waals surface area contributed by atoms with Crippen LogP contribution in [0.15, 0.2) is 45.5 Å². The van der Waals surface area contributed by atoms with Crippen molar-refractivity contribution in [3.05, 3.63) is 46.8 Å². The quantitative estimate of drug-likeness (QED) is 0.803. The summed E-state index contributed by atoms with van der Waals surface area (Å²) in [5, 5.41) is 8.68. The van der Waals surface area contributed by atoms with Crippen LogP contribution in [0.4, 0.5) is 0 Å². The molecule has 0 spiro atoms. The molecule has 1 aromatic heterocycles. The molecular weight excluding hydrogens is 274 g/mol. The number of nitrogens with one attached hydrogen (secondary N) is 1. The van der Waals surface area contributed by atoms with E-state index in [9.17, 15) is 0 Å². The third-order valence-corrected chi connectivity index (χ3v) is 5.05. The molecule has 1 heterocycles. The van der Waals surface area contributed by atoms with Crippen LogP contribution in [0.1, 0.15) is 31.2 Å². The lowest BCUT2D eigenvalue weighted by Crippen LogP contribution is -2.10. The van der Waals surface area contributed by atoms with Crippen LogP contribution in [0.5, 0.6) is 0 Å². The van der Waals surface area contributed by atoms with E-state index in [1.807, 2.05) is 6.07 Å². The van der Waals surface area contributed by atoms with Crippen molar-refractivity contribution >= 4 is 23.1 Å². The van der Waals surface area contributed by atoms with E-state index in [0.29, 0.717) is 6.54 Å². The molecule has 0 amide bonds. The molecule has 0 aliphatic heterocycles. The molecule has 2 rings (SSSR count). The van der Waals surface area contributed by atoms with E-state index in [0.717, 1.165) is 4.88 Å². The predicted molar refractivity (Wildman–Crippen MR) is 82.2 cm³/mol. The lowest BCUT2D eigenvalue weighted by molar-refractivity contribution is 0.162. The molecule has 0 aliphatic rings. The maximum atomic E-state index is 8.68. The first-order valence-electron chi connectivity index (χ1n) is 6.23. The number of thiophene rings is 1. The van der Waals surface area contributed by atoms with E-state index in [1.165, 1.54) is 14.7 Å². The van der Waals surface area contributed by atoms with Crippen molar-refractivity contribution in [2.45, 2.75) is 41.8 Å². The van der Waals surface area contributed by atoms with Crippen LogP contribution in [0.25, 0.3) is 0 Å². The van der Waals surface area contributed by atoms with Gasteiger partial charge in [-0.1, -0.05) is 44.7 Å². The minimum absolute atomic E-state index is 0.200. The van der Waals surface area contributed by atoms with Crippen LogP contribution in [-0.4, -0.2) is 5.21 Å². The average Bonchev–Trinajstić information content (AvgIpc) is 2.77. The van der Waals surface area contributed by atoms with E-state index in [1.54, 1.807) is 23.1 Å². The number of hydrogen-bond acceptors (Lipinski definition) is 4. The molecule has 2 aromatic rings. The van der Waals surface area contributed by atoms with Gasteiger partial charge in [-0.15, -0.1) is 11.3 Å². The summed E-state index contributed by atoms with van der Waals surface area (Å²) >= 11 is 3.47. The SMILES string of the molecule is CC(C)(C)c1ccc(Sc2ccc(CNO)s2)cc1. The van der Waals surface area contributed by atoms with Crippen molar-refractivity contribution in [3.63, 3.8) is 0 Å². The van der Waals surface area contributed by atoms with Crippen LogP contribution in [-0.2, 0) is 12.0 Å². The zero-order valence-electron chi connectivity index (χ0n) is 11.4. The van der Waals surface area contributed by atoms with Gasteiger partial charge in [0.05, 0.1) is 10.8 Å². The summed E-state index contributed by atoms with van der Waals surface area (Å²) in [7, 11) is 0. The Hall–Kier alpha value is -0.810. The highest BCUT2D eigenvalue weighted by atomic mass is 32.2. The Morgan fingerprint density at radius 3 is 2.37 bits per heavy atom. The van der Waals surface area contributed by atoms with Crippen LogP contribution in [0.3, 0.4) is 0 Å². The fourth-order valence-electron chi connectivity index (χ4n) is 1.73. The van der Waals surface area contributed by atoms with Crippen LogP contribution in [0.2, 0.25) is 0 Å². The Kier molecular flexibility index (Phi) is 4.68. The maximum absolute atomic E-state index is 8.68. The highest BCUT2D eigenvalue weighted by Crippen LogP contribution is 2.34. The van der Waals surface area contributed by atoms with E-state index < -0.39 is 0 Å². The summed E-state index contributed by atoms with van der Waals surface area (Å²) in [6, 6.07) is 12.9. The topological polar surface area (TPSA) is 32.3 Å². The van der Waals surface area contributed by atoms with Gasteiger partial charge in [0.25, 0.3) is 0 Å². The second kappa shape index (κ2) is 6.09. The first kappa shape index (κ1) is 14.6. The molecule has 0 aliphatic carbocycles. The van der Waals surface area contributed by atoms with Crippen molar-refractivity contribution < 1.29 is 5.21 Å². The van der Waals surface area contributed by atoms with Crippen LogP contribution >= 0.6 is 23.1 Å². The molecule has 1 aromatic carbocycles. The lowest BCUT2D eigenvalue weighted by atomic mass is 9.87. The van der Waals surface area contributed by atoms with E-state index >= 15 is 0 Å². The van der Waals surface area contributed by atoms with Gasteiger partial charge in [0.15, 0.2) is 0 Å². The first-order valence-corrected chi connectivity index (χ1v) is 7.86. The minimum atomic E-state index is 0.200. The fraction of sp³-hybridized carbons (Fsp3) is 0.333. The molecule has 19 heavy (non-hydrogen) atoms. The zero-order valence-corrected chi connectivity index (χ0v) is 13.1. The third kappa shape index (κ3) is 4.08. The summed E-state index contributed by atoms with van der Waals surface area (Å²) in [4.78, 5) is 2.38. The largest absolute Gasteiger partial charge is 0.316 e. The highest BCUT2D eigenvalue weighted by molar-refractivity contribution is 8.01. The summed E-state index contributed by atoms with van der Waals surface area (Å²) < 4.78 is 1.24. The van der Waals surface area contributed by atoms with Crippen molar-refractivity contribution in [2.75, 3.05) is 0 Å². The monoisotopic (exact) mass is 293 g/mol. The first-order chi connectivity index (χ1) is 8.99. The van der Waals surface area contributed by atoms with E-state index in [-0.39, 0.29) is 5.41 Å². The molecular formula is C15H19NOS2. The van der Waals surface area contributed by atoms with Gasteiger partial charge in [-0.05, 0) is 35.2 Å². The molecule has 2 N–H and O–H groups in total. The Bertz CT molecular complexity index is 526. The maximum Gasteiger partial charge on any atom is 0.0649 e. The molecule has 102 valence electrons. The predicted octanol–water partition coefficient (Wildman–Crippen LogP) is 4.68. The highest BCUT2D eigenvalue weighted by Gasteiger charge is 2.13. The van der Waals surface area contributed by atoms with Crippen molar-refractivity contribution in [2.24, 2.45) is 0 Å². The van der Waals surface area contributed by atoms with Crippen molar-refractivity contribution in [1.29, 1.82) is 0 Å². The van der Waals surface area contributed by atoms with Gasteiger partial charge in [0.1, 0.15) is 0 Å². The second-order valence-corrected chi connectivity index (χ2v) is 7.97. The van der Waals surface area contributed by atoms with Gasteiger partial charge in [-0.2, -0.15) is 0 Å². The Balaban J connectivity index is 2.06. The van der Waals surface area contributed by atoms with Crippen LogP contribution in [0, 0.1) is 0 Å². The molecule has 0 saturated heterocycles. The number of benzene rings is 1. The standard InChI is InChI=1S/C15H19NOS2/c1-15(2,3)11-4-6-12(7-5-11)18-14-9-8-13(19-14)10-16-17/h4-9,16-17H,10H2,1-3H3. The minimum Gasteiger partial charge on any atom is -0.316 e. The summed E-state index contributed by atoms with van der Waals surface area (Å²) in [6.45, 7) is 7.18. The Labute approximate surface area is 122 Å². The molecule has 0 fully saturated rings. The molecule has 2 nitrogen and oxygen atoms in total. The Morgan fingerprint density at radius 1 is 1.11 bits per heavy atom. The molecule has 4 heteroatoms. The van der Waals surface area contributed by atoms with Gasteiger partial charge >= 0.3 is 0 Å². The van der Waals surface area contributed by atoms with Gasteiger partial charge in [-0.25, -0.2) is 5.48 Å². The van der Waals surface area contributed by atoms with Gasteiger partial charge in [-0.3, -0.25) is 0 Å². The molecule has 0 radical (unpaired) electrons. The molecule has 0 unspecified atom stereocenters. The zero-order chi connectivity index (χ0) is 13.9. The smallest absolute Gasteiger partial charge is 0.0649 e. The summed E-state index contributed by atoms with van der Waals surface area (Å²) in [5.41, 5.74) is 3.74. The van der Waals surface area contributed by atoms with Gasteiger partial charge < -0.3 is 5.21 Å². The van der Waals surface area contributed by atoms with Gasteiger partial charge in [0.2, 0.25) is 0 Å². The molecule has 0 atom stereocenters. The molecule has 0 saturated carbocycles. The lowest BCUT2D eigenvalue weighted by Gasteiger charge is -2.18. The number of rotatable bonds is 4. The average molecular weight is 293 g/mol. The van der Waals surface area contributed by atoms with E-state index in [4.69, 9.17) is 5.21 Å². The fourth-order valence-corrected chi connectivity index (χ4v) is 3.81. The van der Waals surface area contributed by atoms with E-state index in [2.05, 4.69) is 56.6 Å². The molecule has 0 bridgehead atoms. The third-order valence-electron chi connectivity index (χ3n) is 2.83. The summed E-state index contributed by atoms with van der Waals surface area (Å²) in [5.74, 6) is 0. The van der Waals surface area contributed by atoms with Gasteiger partial charge in [0, 0.05) is 9.77 Å². The number of hydroxylamine groups is 1. The van der Waals surface area contributed by atoms with Crippen molar-refractivity contribution in [3.8, 4) is 0 Å². The van der Waals surface area contributed by atoms with Crippen molar-refractivity contribution in [1.82, 2.24) is 5.48 Å².